The zero-order valence-corrected chi connectivity index (χ0v) is 13.1. The summed E-state index contributed by atoms with van der Waals surface area (Å²) in [4.78, 5) is 2.88. The van der Waals surface area contributed by atoms with Crippen LogP contribution in [0.3, 0.4) is 0 Å². The van der Waals surface area contributed by atoms with Gasteiger partial charge in [0.1, 0.15) is 0 Å². The molecule has 3 rings (SSSR count). The first-order valence-electron chi connectivity index (χ1n) is 8.61. The second-order valence-corrected chi connectivity index (χ2v) is 7.78. The third kappa shape index (κ3) is 2.85. The monoisotopic (exact) mass is 264 g/mol. The quantitative estimate of drug-likeness (QED) is 0.769. The van der Waals surface area contributed by atoms with Crippen molar-refractivity contribution in [3.05, 3.63) is 0 Å². The maximum Gasteiger partial charge on any atom is 0.0309 e. The Balaban J connectivity index is 1.72. The van der Waals surface area contributed by atoms with Gasteiger partial charge in [0.05, 0.1) is 0 Å². The Hall–Kier alpha value is -0.0800. The highest BCUT2D eigenvalue weighted by Gasteiger charge is 2.47. The van der Waals surface area contributed by atoms with E-state index in [1.807, 2.05) is 0 Å². The highest BCUT2D eigenvalue weighted by Crippen LogP contribution is 2.42. The van der Waals surface area contributed by atoms with Crippen molar-refractivity contribution in [3.63, 3.8) is 0 Å². The molecule has 0 spiro atoms. The number of rotatable bonds is 2. The Morgan fingerprint density at radius 2 is 1.74 bits per heavy atom. The zero-order valence-electron chi connectivity index (χ0n) is 13.1. The smallest absolute Gasteiger partial charge is 0.0309 e. The fourth-order valence-electron chi connectivity index (χ4n) is 4.49. The molecule has 3 fully saturated rings. The van der Waals surface area contributed by atoms with Crippen LogP contribution in [0, 0.1) is 11.8 Å². The molecule has 2 saturated carbocycles. The largest absolute Gasteiger partial charge is 0.308 e. The summed E-state index contributed by atoms with van der Waals surface area (Å²) in [5.41, 5.74) is 0.401. The van der Waals surface area contributed by atoms with Gasteiger partial charge in [0.2, 0.25) is 0 Å². The second-order valence-electron chi connectivity index (χ2n) is 7.78. The summed E-state index contributed by atoms with van der Waals surface area (Å²) in [6.07, 6.45) is 10.1. The summed E-state index contributed by atoms with van der Waals surface area (Å²) in [6, 6.07) is 1.56. The van der Waals surface area contributed by atoms with Gasteiger partial charge in [-0.3, -0.25) is 4.90 Å². The van der Waals surface area contributed by atoms with Crippen molar-refractivity contribution in [1.29, 1.82) is 0 Å². The minimum Gasteiger partial charge on any atom is -0.308 e. The van der Waals surface area contributed by atoms with Gasteiger partial charge in [-0.25, -0.2) is 0 Å². The Morgan fingerprint density at radius 3 is 2.47 bits per heavy atom. The number of nitrogens with zero attached hydrogens (tertiary/aromatic N) is 1. The molecule has 110 valence electrons. The minimum absolute atomic E-state index is 0.401. The maximum absolute atomic E-state index is 3.87. The fourth-order valence-corrected chi connectivity index (χ4v) is 4.49. The minimum atomic E-state index is 0.401. The van der Waals surface area contributed by atoms with Crippen molar-refractivity contribution in [2.45, 2.75) is 83.3 Å². The molecule has 1 aliphatic heterocycles. The number of piperazine rings is 1. The van der Waals surface area contributed by atoms with E-state index in [-0.39, 0.29) is 0 Å². The van der Waals surface area contributed by atoms with Crippen LogP contribution in [-0.4, -0.2) is 35.6 Å². The Labute approximate surface area is 119 Å². The lowest BCUT2D eigenvalue weighted by atomic mass is 9.87. The van der Waals surface area contributed by atoms with Gasteiger partial charge >= 0.3 is 0 Å². The molecule has 2 aliphatic carbocycles. The van der Waals surface area contributed by atoms with Gasteiger partial charge in [-0.15, -0.1) is 0 Å². The van der Waals surface area contributed by atoms with E-state index >= 15 is 0 Å². The molecule has 2 heteroatoms. The van der Waals surface area contributed by atoms with E-state index in [1.165, 1.54) is 58.0 Å². The fraction of sp³-hybridized carbons (Fsp3) is 1.00. The van der Waals surface area contributed by atoms with Crippen molar-refractivity contribution >= 4 is 0 Å². The lowest BCUT2D eigenvalue weighted by Gasteiger charge is -2.50. The van der Waals surface area contributed by atoms with Crippen molar-refractivity contribution in [3.8, 4) is 0 Å². The summed E-state index contributed by atoms with van der Waals surface area (Å²) < 4.78 is 0. The first-order valence-corrected chi connectivity index (χ1v) is 8.61. The first-order chi connectivity index (χ1) is 9.10. The number of nitrogens with one attached hydrogen (secondary N) is 1. The molecule has 4 unspecified atom stereocenters. The van der Waals surface area contributed by atoms with Gasteiger partial charge in [-0.2, -0.15) is 0 Å². The van der Waals surface area contributed by atoms with Crippen molar-refractivity contribution < 1.29 is 0 Å². The Kier molecular flexibility index (Phi) is 3.92. The number of hydrogen-bond acceptors (Lipinski definition) is 2. The highest BCUT2D eigenvalue weighted by molar-refractivity contribution is 5.05. The molecule has 0 aromatic carbocycles. The van der Waals surface area contributed by atoms with Crippen LogP contribution in [0.25, 0.3) is 0 Å². The van der Waals surface area contributed by atoms with Gasteiger partial charge < -0.3 is 5.32 Å². The van der Waals surface area contributed by atoms with Crippen molar-refractivity contribution in [2.75, 3.05) is 13.1 Å². The van der Waals surface area contributed by atoms with E-state index in [4.69, 9.17) is 0 Å². The summed E-state index contributed by atoms with van der Waals surface area (Å²) in [5, 5.41) is 3.87. The molecule has 1 heterocycles. The van der Waals surface area contributed by atoms with Crippen molar-refractivity contribution in [1.82, 2.24) is 10.2 Å². The molecular formula is C17H32N2. The van der Waals surface area contributed by atoms with Gasteiger partial charge in [0.25, 0.3) is 0 Å². The molecule has 2 nitrogen and oxygen atoms in total. The molecule has 1 N–H and O–H groups in total. The van der Waals surface area contributed by atoms with Crippen LogP contribution in [0.1, 0.15) is 65.7 Å². The molecular weight excluding hydrogens is 232 g/mol. The molecule has 3 aliphatic rings. The van der Waals surface area contributed by atoms with Crippen LogP contribution in [-0.2, 0) is 0 Å². The van der Waals surface area contributed by atoms with Crippen molar-refractivity contribution in [2.24, 2.45) is 11.8 Å². The van der Waals surface area contributed by atoms with E-state index in [2.05, 4.69) is 31.0 Å². The molecule has 4 atom stereocenters. The normalized spacial score (nSPS) is 45.9. The van der Waals surface area contributed by atoms with E-state index < -0.39 is 0 Å². The van der Waals surface area contributed by atoms with Crippen LogP contribution in [0.4, 0.5) is 0 Å². The lowest BCUT2D eigenvalue weighted by Crippen LogP contribution is -2.65. The van der Waals surface area contributed by atoms with Crippen LogP contribution >= 0.6 is 0 Å². The zero-order chi connectivity index (χ0) is 13.5. The molecule has 0 bridgehead atoms. The van der Waals surface area contributed by atoms with E-state index in [0.29, 0.717) is 5.54 Å². The van der Waals surface area contributed by atoms with Gasteiger partial charge in [0.15, 0.2) is 0 Å². The first kappa shape index (κ1) is 13.9. The van der Waals surface area contributed by atoms with E-state index in [0.717, 1.165) is 23.9 Å². The Bertz CT molecular complexity index is 312. The molecule has 0 radical (unpaired) electrons. The average molecular weight is 264 g/mol. The SMILES string of the molecule is CC1CCCCCC1N1CC(C)(C2CC2)NCC1C. The molecule has 0 aromatic heterocycles. The van der Waals surface area contributed by atoms with Crippen LogP contribution in [0.15, 0.2) is 0 Å². The summed E-state index contributed by atoms with van der Waals surface area (Å²) in [5.74, 6) is 1.84. The summed E-state index contributed by atoms with van der Waals surface area (Å²) >= 11 is 0. The van der Waals surface area contributed by atoms with Gasteiger partial charge in [-0.1, -0.05) is 26.2 Å². The van der Waals surface area contributed by atoms with E-state index in [9.17, 15) is 0 Å². The predicted molar refractivity (Wildman–Crippen MR) is 81.3 cm³/mol. The van der Waals surface area contributed by atoms with Gasteiger partial charge in [0, 0.05) is 30.7 Å². The Morgan fingerprint density at radius 1 is 1.00 bits per heavy atom. The molecule has 19 heavy (non-hydrogen) atoms. The molecule has 0 aromatic rings. The van der Waals surface area contributed by atoms with Crippen LogP contribution in [0.2, 0.25) is 0 Å². The predicted octanol–water partition coefficient (Wildman–Crippen LogP) is 3.42. The average Bonchev–Trinajstić information content (AvgIpc) is 3.20. The third-order valence-corrected chi connectivity index (χ3v) is 6.10. The third-order valence-electron chi connectivity index (χ3n) is 6.10. The molecule has 1 saturated heterocycles. The standard InChI is InChI=1S/C17H32N2/c1-13-7-5-4-6-8-16(13)19-12-17(3,15-9-10-15)18-11-14(19)2/h13-16,18H,4-12H2,1-3H3. The van der Waals surface area contributed by atoms with Gasteiger partial charge in [-0.05, 0) is 51.4 Å². The lowest BCUT2D eigenvalue weighted by molar-refractivity contribution is 0.0229. The maximum atomic E-state index is 3.87. The topological polar surface area (TPSA) is 15.3 Å². The van der Waals surface area contributed by atoms with E-state index in [1.54, 1.807) is 0 Å². The van der Waals surface area contributed by atoms with Crippen LogP contribution in [0.5, 0.6) is 0 Å². The summed E-state index contributed by atoms with van der Waals surface area (Å²) in [6.45, 7) is 9.88. The van der Waals surface area contributed by atoms with Crippen LogP contribution < -0.4 is 5.32 Å². The number of hydrogen-bond donors (Lipinski definition) is 1. The second kappa shape index (κ2) is 5.37. The molecule has 0 amide bonds. The summed E-state index contributed by atoms with van der Waals surface area (Å²) in [7, 11) is 0. The highest BCUT2D eigenvalue weighted by atomic mass is 15.3.